The number of alkyl halides is 3. The molecule has 1 unspecified atom stereocenters. The van der Waals surface area contributed by atoms with Crippen LogP contribution in [-0.2, 0) is 22.3 Å². The van der Waals surface area contributed by atoms with Crippen LogP contribution < -0.4 is 0 Å². The molecule has 0 N–H and O–H groups in total. The van der Waals surface area contributed by atoms with Crippen molar-refractivity contribution in [1.82, 2.24) is 9.80 Å². The summed E-state index contributed by atoms with van der Waals surface area (Å²) in [6.45, 7) is 3.03. The molecule has 1 aromatic rings. The molecule has 0 radical (unpaired) electrons. The monoisotopic (exact) mass is 356 g/mol. The zero-order chi connectivity index (χ0) is 18.6. The summed E-state index contributed by atoms with van der Waals surface area (Å²) in [7, 11) is 1.72. The summed E-state index contributed by atoms with van der Waals surface area (Å²) in [6.07, 6.45) is -2.42. The molecule has 1 fully saturated rings. The molecule has 1 atom stereocenters. The molecule has 0 saturated carbocycles. The van der Waals surface area contributed by atoms with Crippen LogP contribution in [0.5, 0.6) is 0 Å². The topological polar surface area (TPSA) is 40.6 Å². The van der Waals surface area contributed by atoms with E-state index in [4.69, 9.17) is 0 Å². The van der Waals surface area contributed by atoms with Gasteiger partial charge in [-0.15, -0.1) is 0 Å². The molecule has 0 aliphatic carbocycles. The van der Waals surface area contributed by atoms with E-state index in [1.807, 2.05) is 6.92 Å². The summed E-state index contributed by atoms with van der Waals surface area (Å²) >= 11 is 0. The van der Waals surface area contributed by atoms with Gasteiger partial charge in [-0.2, -0.15) is 13.2 Å². The van der Waals surface area contributed by atoms with Crippen LogP contribution in [0, 0.1) is 5.92 Å². The van der Waals surface area contributed by atoms with E-state index in [1.54, 1.807) is 18.0 Å². The number of halogens is 3. The standard InChI is InChI=1S/C18H23F3N2O2/c1-3-4-8-22(2)17(25)14-10-16(24)23(12-14)11-13-6-5-7-15(9-13)18(19,20)21/h5-7,9,14H,3-4,8,10-12H2,1-2H3. The molecule has 4 nitrogen and oxygen atoms in total. The molecule has 1 heterocycles. The summed E-state index contributed by atoms with van der Waals surface area (Å²) in [5.41, 5.74) is -0.320. The first-order valence-electron chi connectivity index (χ1n) is 8.41. The zero-order valence-corrected chi connectivity index (χ0v) is 14.5. The summed E-state index contributed by atoms with van der Waals surface area (Å²) in [5.74, 6) is -0.687. The van der Waals surface area contributed by atoms with Crippen molar-refractivity contribution in [2.24, 2.45) is 5.92 Å². The van der Waals surface area contributed by atoms with E-state index in [0.717, 1.165) is 25.0 Å². The third-order valence-electron chi connectivity index (χ3n) is 4.41. The fourth-order valence-corrected chi connectivity index (χ4v) is 2.97. The molecule has 1 aliphatic rings. The van der Waals surface area contributed by atoms with Crippen LogP contribution in [0.2, 0.25) is 0 Å². The van der Waals surface area contributed by atoms with E-state index in [9.17, 15) is 22.8 Å². The van der Waals surface area contributed by atoms with Crippen LogP contribution in [0.3, 0.4) is 0 Å². The van der Waals surface area contributed by atoms with Crippen LogP contribution in [0.15, 0.2) is 24.3 Å². The SMILES string of the molecule is CCCCN(C)C(=O)C1CC(=O)N(Cc2cccc(C(F)(F)F)c2)C1. The predicted octanol–water partition coefficient (Wildman–Crippen LogP) is 3.31. The van der Waals surface area contributed by atoms with Gasteiger partial charge in [0.1, 0.15) is 0 Å². The molecule has 0 spiro atoms. The van der Waals surface area contributed by atoms with Crippen molar-refractivity contribution in [3.8, 4) is 0 Å². The Labute approximate surface area is 145 Å². The minimum Gasteiger partial charge on any atom is -0.345 e. The number of carbonyl (C=O) groups excluding carboxylic acids is 2. The number of hydrogen-bond donors (Lipinski definition) is 0. The van der Waals surface area contributed by atoms with Gasteiger partial charge in [0.05, 0.1) is 11.5 Å². The highest BCUT2D eigenvalue weighted by Gasteiger charge is 2.36. The lowest BCUT2D eigenvalue weighted by Crippen LogP contribution is -2.35. The lowest BCUT2D eigenvalue weighted by molar-refractivity contribution is -0.137. The number of nitrogens with zero attached hydrogens (tertiary/aromatic N) is 2. The molecular weight excluding hydrogens is 333 g/mol. The van der Waals surface area contributed by atoms with Gasteiger partial charge in [0, 0.05) is 33.1 Å². The molecule has 7 heteroatoms. The van der Waals surface area contributed by atoms with E-state index < -0.39 is 17.7 Å². The van der Waals surface area contributed by atoms with Gasteiger partial charge >= 0.3 is 6.18 Å². The van der Waals surface area contributed by atoms with Crippen molar-refractivity contribution in [3.63, 3.8) is 0 Å². The number of benzene rings is 1. The third kappa shape index (κ3) is 4.96. The second-order valence-corrected chi connectivity index (χ2v) is 6.49. The van der Waals surface area contributed by atoms with Crippen molar-refractivity contribution in [3.05, 3.63) is 35.4 Å². The summed E-state index contributed by atoms with van der Waals surface area (Å²) in [6, 6.07) is 4.95. The molecule has 2 rings (SSSR count). The van der Waals surface area contributed by atoms with Gasteiger partial charge in [0.25, 0.3) is 0 Å². The van der Waals surface area contributed by atoms with Crippen LogP contribution in [0.4, 0.5) is 13.2 Å². The fourth-order valence-electron chi connectivity index (χ4n) is 2.97. The van der Waals surface area contributed by atoms with Gasteiger partial charge in [-0.05, 0) is 24.1 Å². The second kappa shape index (κ2) is 7.89. The van der Waals surface area contributed by atoms with Crippen molar-refractivity contribution in [2.75, 3.05) is 20.1 Å². The Kier molecular flexibility index (Phi) is 6.08. The second-order valence-electron chi connectivity index (χ2n) is 6.49. The van der Waals surface area contributed by atoms with Crippen molar-refractivity contribution < 1.29 is 22.8 Å². The van der Waals surface area contributed by atoms with Crippen LogP contribution in [0.1, 0.15) is 37.3 Å². The minimum absolute atomic E-state index is 0.0756. The van der Waals surface area contributed by atoms with Crippen LogP contribution in [-0.4, -0.2) is 41.8 Å². The van der Waals surface area contributed by atoms with Crippen molar-refractivity contribution in [2.45, 2.75) is 38.9 Å². The fraction of sp³-hybridized carbons (Fsp3) is 0.556. The highest BCUT2D eigenvalue weighted by Crippen LogP contribution is 2.30. The maximum Gasteiger partial charge on any atom is 0.416 e. The molecule has 0 bridgehead atoms. The van der Waals surface area contributed by atoms with Crippen LogP contribution in [0.25, 0.3) is 0 Å². The number of hydrogen-bond acceptors (Lipinski definition) is 2. The first kappa shape index (κ1) is 19.3. The van der Waals surface area contributed by atoms with Gasteiger partial charge in [0.2, 0.25) is 11.8 Å². The average molecular weight is 356 g/mol. The lowest BCUT2D eigenvalue weighted by atomic mass is 10.1. The summed E-state index contributed by atoms with van der Waals surface area (Å²) < 4.78 is 38.4. The van der Waals surface area contributed by atoms with Crippen molar-refractivity contribution >= 4 is 11.8 Å². The summed E-state index contributed by atoms with van der Waals surface area (Å²) in [4.78, 5) is 27.6. The van der Waals surface area contributed by atoms with E-state index >= 15 is 0 Å². The maximum atomic E-state index is 12.8. The Morgan fingerprint density at radius 3 is 2.72 bits per heavy atom. The molecule has 25 heavy (non-hydrogen) atoms. The average Bonchev–Trinajstić information content (AvgIpc) is 2.92. The number of carbonyl (C=O) groups is 2. The third-order valence-corrected chi connectivity index (χ3v) is 4.41. The maximum absolute atomic E-state index is 12.8. The van der Waals surface area contributed by atoms with Gasteiger partial charge in [-0.25, -0.2) is 0 Å². The largest absolute Gasteiger partial charge is 0.416 e. The van der Waals surface area contributed by atoms with E-state index in [1.165, 1.54) is 11.0 Å². The Balaban J connectivity index is 2.00. The quantitative estimate of drug-likeness (QED) is 0.785. The molecule has 138 valence electrons. The Morgan fingerprint density at radius 1 is 1.36 bits per heavy atom. The summed E-state index contributed by atoms with van der Waals surface area (Å²) in [5, 5.41) is 0. The van der Waals surface area contributed by atoms with E-state index in [2.05, 4.69) is 0 Å². The highest BCUT2D eigenvalue weighted by molar-refractivity contribution is 5.89. The first-order chi connectivity index (χ1) is 11.7. The number of unbranched alkanes of at least 4 members (excludes halogenated alkanes) is 1. The predicted molar refractivity (Wildman–Crippen MR) is 87.5 cm³/mol. The van der Waals surface area contributed by atoms with Gasteiger partial charge in [-0.3, -0.25) is 9.59 Å². The minimum atomic E-state index is -4.41. The zero-order valence-electron chi connectivity index (χ0n) is 14.5. The lowest BCUT2D eigenvalue weighted by Gasteiger charge is -2.21. The Morgan fingerprint density at radius 2 is 2.08 bits per heavy atom. The van der Waals surface area contributed by atoms with Crippen LogP contribution >= 0.6 is 0 Å². The number of amides is 2. The van der Waals surface area contributed by atoms with E-state index in [0.29, 0.717) is 12.1 Å². The molecule has 2 amide bonds. The molecular formula is C18H23F3N2O2. The Hall–Kier alpha value is -2.05. The molecule has 1 aromatic carbocycles. The van der Waals surface area contributed by atoms with Crippen molar-refractivity contribution in [1.29, 1.82) is 0 Å². The van der Waals surface area contributed by atoms with Gasteiger partial charge in [-0.1, -0.05) is 25.5 Å². The molecule has 0 aromatic heterocycles. The molecule has 1 saturated heterocycles. The highest BCUT2D eigenvalue weighted by atomic mass is 19.4. The number of rotatable bonds is 6. The van der Waals surface area contributed by atoms with Gasteiger partial charge in [0.15, 0.2) is 0 Å². The molecule has 1 aliphatic heterocycles. The smallest absolute Gasteiger partial charge is 0.345 e. The normalized spacial score (nSPS) is 17.9. The van der Waals surface area contributed by atoms with Gasteiger partial charge < -0.3 is 9.80 Å². The first-order valence-corrected chi connectivity index (χ1v) is 8.41. The number of likely N-dealkylation sites (tertiary alicyclic amines) is 1. The van der Waals surface area contributed by atoms with E-state index in [-0.39, 0.29) is 31.3 Å². The Bertz CT molecular complexity index is 631.